The van der Waals surface area contributed by atoms with Crippen LogP contribution in [-0.4, -0.2) is 13.1 Å². The first-order valence-electron chi connectivity index (χ1n) is 2.99. The lowest BCUT2D eigenvalue weighted by Gasteiger charge is -1.92. The monoisotopic (exact) mass is 218 g/mol. The Morgan fingerprint density at radius 2 is 2.36 bits per heavy atom. The van der Waals surface area contributed by atoms with Crippen LogP contribution in [0, 0.1) is 6.92 Å². The molecule has 11 heavy (non-hydrogen) atoms. The molecule has 0 amide bonds. The molecule has 1 rings (SSSR count). The summed E-state index contributed by atoms with van der Waals surface area (Å²) >= 11 is 3.16. The summed E-state index contributed by atoms with van der Waals surface area (Å²) < 4.78 is 10.1. The molecule has 4 heteroatoms. The van der Waals surface area contributed by atoms with Crippen LogP contribution in [0.3, 0.4) is 0 Å². The summed E-state index contributed by atoms with van der Waals surface area (Å²) in [4.78, 5) is 10.9. The van der Waals surface area contributed by atoms with Gasteiger partial charge in [0.05, 0.1) is 11.6 Å². The van der Waals surface area contributed by atoms with Crippen molar-refractivity contribution in [2.24, 2.45) is 0 Å². The summed E-state index contributed by atoms with van der Waals surface area (Å²) in [7, 11) is 1.31. The van der Waals surface area contributed by atoms with E-state index in [-0.39, 0.29) is 5.76 Å². The second kappa shape index (κ2) is 3.09. The summed E-state index contributed by atoms with van der Waals surface area (Å²) in [5.41, 5.74) is 0. The van der Waals surface area contributed by atoms with Crippen LogP contribution in [0.4, 0.5) is 0 Å². The fraction of sp³-hybridized carbons (Fsp3) is 0.286. The van der Waals surface area contributed by atoms with E-state index in [1.54, 1.807) is 13.0 Å². The molecule has 0 atom stereocenters. The lowest BCUT2D eigenvalue weighted by molar-refractivity contribution is 0.0562. The van der Waals surface area contributed by atoms with Gasteiger partial charge in [-0.1, -0.05) is 0 Å². The van der Waals surface area contributed by atoms with Crippen LogP contribution < -0.4 is 0 Å². The molecular formula is C7H7BrO3. The van der Waals surface area contributed by atoms with Gasteiger partial charge in [0.15, 0.2) is 0 Å². The van der Waals surface area contributed by atoms with Gasteiger partial charge in [-0.15, -0.1) is 0 Å². The second-order valence-corrected chi connectivity index (χ2v) is 2.88. The molecule has 0 aliphatic rings. The SMILES string of the molecule is COC(=O)c1oc(C)cc1Br. The number of ether oxygens (including phenoxy) is 1. The molecule has 0 aliphatic carbocycles. The van der Waals surface area contributed by atoms with Crippen molar-refractivity contribution in [1.82, 2.24) is 0 Å². The molecule has 3 nitrogen and oxygen atoms in total. The molecular weight excluding hydrogens is 212 g/mol. The average molecular weight is 219 g/mol. The van der Waals surface area contributed by atoms with E-state index in [0.29, 0.717) is 10.2 Å². The first-order valence-corrected chi connectivity index (χ1v) is 3.78. The highest BCUT2D eigenvalue weighted by Crippen LogP contribution is 2.21. The molecule has 0 saturated carbocycles. The zero-order valence-corrected chi connectivity index (χ0v) is 7.77. The Hall–Kier alpha value is -0.770. The quantitative estimate of drug-likeness (QED) is 0.679. The van der Waals surface area contributed by atoms with Crippen molar-refractivity contribution in [3.63, 3.8) is 0 Å². The van der Waals surface area contributed by atoms with Crippen LogP contribution in [0.15, 0.2) is 15.0 Å². The molecule has 0 unspecified atom stereocenters. The molecule has 0 bridgehead atoms. The Kier molecular flexibility index (Phi) is 2.34. The minimum atomic E-state index is -0.468. The van der Waals surface area contributed by atoms with Crippen molar-refractivity contribution in [3.05, 3.63) is 22.1 Å². The minimum absolute atomic E-state index is 0.213. The Labute approximate surface area is 72.5 Å². The lowest BCUT2D eigenvalue weighted by atomic mass is 10.4. The van der Waals surface area contributed by atoms with Gasteiger partial charge in [-0.2, -0.15) is 0 Å². The molecule has 0 radical (unpaired) electrons. The molecule has 0 fully saturated rings. The zero-order valence-electron chi connectivity index (χ0n) is 6.18. The fourth-order valence-electron chi connectivity index (χ4n) is 0.715. The van der Waals surface area contributed by atoms with Crippen molar-refractivity contribution in [1.29, 1.82) is 0 Å². The highest BCUT2D eigenvalue weighted by atomic mass is 79.9. The van der Waals surface area contributed by atoms with Gasteiger partial charge in [-0.3, -0.25) is 0 Å². The molecule has 1 aromatic rings. The predicted octanol–water partition coefficient (Wildman–Crippen LogP) is 2.14. The number of esters is 1. The number of methoxy groups -OCH3 is 1. The van der Waals surface area contributed by atoms with Gasteiger partial charge in [-0.05, 0) is 28.9 Å². The van der Waals surface area contributed by atoms with E-state index in [4.69, 9.17) is 4.42 Å². The molecule has 0 N–H and O–H groups in total. The van der Waals surface area contributed by atoms with Gasteiger partial charge >= 0.3 is 5.97 Å². The molecule has 60 valence electrons. The molecule has 0 aliphatic heterocycles. The standard InChI is InChI=1S/C7H7BrO3/c1-4-3-5(8)6(11-4)7(9)10-2/h3H,1-2H3. The zero-order chi connectivity index (χ0) is 8.43. The largest absolute Gasteiger partial charge is 0.463 e. The van der Waals surface area contributed by atoms with Gasteiger partial charge in [0.1, 0.15) is 5.76 Å². The minimum Gasteiger partial charge on any atom is -0.463 e. The summed E-state index contributed by atoms with van der Waals surface area (Å²) in [5.74, 6) is 0.423. The predicted molar refractivity (Wildman–Crippen MR) is 42.5 cm³/mol. The smallest absolute Gasteiger partial charge is 0.375 e. The van der Waals surface area contributed by atoms with E-state index in [9.17, 15) is 4.79 Å². The third kappa shape index (κ3) is 1.63. The van der Waals surface area contributed by atoms with Crippen LogP contribution in [0.1, 0.15) is 16.3 Å². The van der Waals surface area contributed by atoms with Crippen LogP contribution >= 0.6 is 15.9 Å². The van der Waals surface area contributed by atoms with Gasteiger partial charge < -0.3 is 9.15 Å². The summed E-state index contributed by atoms with van der Waals surface area (Å²) in [5, 5.41) is 0. The summed E-state index contributed by atoms with van der Waals surface area (Å²) in [6.45, 7) is 1.76. The van der Waals surface area contributed by atoms with Crippen LogP contribution in [0.2, 0.25) is 0 Å². The first kappa shape index (κ1) is 8.33. The third-order valence-electron chi connectivity index (χ3n) is 1.18. The van der Waals surface area contributed by atoms with E-state index in [0.717, 1.165) is 0 Å². The van der Waals surface area contributed by atoms with Crippen LogP contribution in [0.25, 0.3) is 0 Å². The third-order valence-corrected chi connectivity index (χ3v) is 1.77. The number of aryl methyl sites for hydroxylation is 1. The Morgan fingerprint density at radius 1 is 1.73 bits per heavy atom. The topological polar surface area (TPSA) is 39.4 Å². The highest BCUT2D eigenvalue weighted by Gasteiger charge is 2.14. The van der Waals surface area contributed by atoms with Gasteiger partial charge in [0.25, 0.3) is 0 Å². The molecule has 0 spiro atoms. The highest BCUT2D eigenvalue weighted by molar-refractivity contribution is 9.10. The maximum absolute atomic E-state index is 10.9. The van der Waals surface area contributed by atoms with E-state index >= 15 is 0 Å². The molecule has 0 saturated heterocycles. The van der Waals surface area contributed by atoms with Gasteiger partial charge in [0.2, 0.25) is 5.76 Å². The number of carbonyl (C=O) groups excluding carboxylic acids is 1. The number of hydrogen-bond acceptors (Lipinski definition) is 3. The van der Waals surface area contributed by atoms with E-state index < -0.39 is 5.97 Å². The van der Waals surface area contributed by atoms with E-state index in [2.05, 4.69) is 20.7 Å². The first-order chi connectivity index (χ1) is 5.15. The van der Waals surface area contributed by atoms with Crippen molar-refractivity contribution in [3.8, 4) is 0 Å². The number of furan rings is 1. The van der Waals surface area contributed by atoms with Crippen molar-refractivity contribution in [2.75, 3.05) is 7.11 Å². The fourth-order valence-corrected chi connectivity index (χ4v) is 1.28. The number of rotatable bonds is 1. The van der Waals surface area contributed by atoms with Crippen LogP contribution in [0.5, 0.6) is 0 Å². The Balaban J connectivity index is 3.03. The average Bonchev–Trinajstić information content (AvgIpc) is 2.28. The number of hydrogen-bond donors (Lipinski definition) is 0. The second-order valence-electron chi connectivity index (χ2n) is 2.03. The van der Waals surface area contributed by atoms with Crippen LogP contribution in [-0.2, 0) is 4.74 Å². The lowest BCUT2D eigenvalue weighted by Crippen LogP contribution is -1.99. The number of carbonyl (C=O) groups is 1. The van der Waals surface area contributed by atoms with Crippen molar-refractivity contribution < 1.29 is 13.9 Å². The summed E-state index contributed by atoms with van der Waals surface area (Å²) in [6.07, 6.45) is 0. The summed E-state index contributed by atoms with van der Waals surface area (Å²) in [6, 6.07) is 1.71. The molecule has 1 aromatic heterocycles. The molecule has 0 aromatic carbocycles. The number of halogens is 1. The normalized spacial score (nSPS) is 9.73. The van der Waals surface area contributed by atoms with Crippen molar-refractivity contribution >= 4 is 21.9 Å². The van der Waals surface area contributed by atoms with Gasteiger partial charge in [0, 0.05) is 0 Å². The van der Waals surface area contributed by atoms with E-state index in [1.807, 2.05) is 0 Å². The Morgan fingerprint density at radius 3 is 2.73 bits per heavy atom. The molecule has 1 heterocycles. The van der Waals surface area contributed by atoms with E-state index in [1.165, 1.54) is 7.11 Å². The maximum Gasteiger partial charge on any atom is 0.375 e. The Bertz CT molecular complexity index is 277. The van der Waals surface area contributed by atoms with Gasteiger partial charge in [-0.25, -0.2) is 4.79 Å². The maximum atomic E-state index is 10.9. The van der Waals surface area contributed by atoms with Crippen molar-refractivity contribution in [2.45, 2.75) is 6.92 Å².